The number of nitriles is 1. The van der Waals surface area contributed by atoms with Crippen LogP contribution in [0.1, 0.15) is 13.8 Å². The van der Waals surface area contributed by atoms with Gasteiger partial charge in [-0.25, -0.2) is 0 Å². The molecule has 4 heteroatoms. The van der Waals surface area contributed by atoms with Crippen LogP contribution in [0, 0.1) is 11.3 Å². The highest BCUT2D eigenvalue weighted by Gasteiger charge is 2.26. The van der Waals surface area contributed by atoms with Crippen molar-refractivity contribution in [3.8, 4) is 6.07 Å². The molecule has 0 saturated carbocycles. The Morgan fingerprint density at radius 2 is 1.93 bits per heavy atom. The second-order valence-electron chi connectivity index (χ2n) is 4.32. The van der Waals surface area contributed by atoms with Crippen LogP contribution in [0.25, 0.3) is 0 Å². The van der Waals surface area contributed by atoms with Crippen LogP contribution < -0.4 is 5.73 Å². The molecule has 0 aliphatic carbocycles. The molecule has 4 nitrogen and oxygen atoms in total. The molecular formula is C10H20N4. The number of hydrogen-bond acceptors (Lipinski definition) is 4. The van der Waals surface area contributed by atoms with Gasteiger partial charge in [0.2, 0.25) is 0 Å². The molecule has 1 fully saturated rings. The maximum absolute atomic E-state index is 8.64. The van der Waals surface area contributed by atoms with E-state index in [0.29, 0.717) is 18.6 Å². The Kier molecular flexibility index (Phi) is 3.87. The predicted molar refractivity (Wildman–Crippen MR) is 56.7 cm³/mol. The molecule has 3 unspecified atom stereocenters. The topological polar surface area (TPSA) is 56.3 Å². The third-order valence-corrected chi connectivity index (χ3v) is 3.06. The first kappa shape index (κ1) is 11.4. The quantitative estimate of drug-likeness (QED) is 0.668. The van der Waals surface area contributed by atoms with Crippen LogP contribution in [0.4, 0.5) is 0 Å². The Labute approximate surface area is 86.3 Å². The molecule has 0 aromatic heterocycles. The van der Waals surface area contributed by atoms with E-state index in [0.717, 1.165) is 13.1 Å². The van der Waals surface area contributed by atoms with Crippen LogP contribution in [-0.2, 0) is 0 Å². The van der Waals surface area contributed by atoms with Crippen molar-refractivity contribution in [3.05, 3.63) is 0 Å². The summed E-state index contributed by atoms with van der Waals surface area (Å²) in [7, 11) is 2.15. The smallest absolute Gasteiger partial charge is 0.106 e. The van der Waals surface area contributed by atoms with Crippen LogP contribution in [0.5, 0.6) is 0 Å². The number of rotatable bonds is 2. The standard InChI is InChI=1S/C10H20N4/c1-8-5-14(7-10(12)4-11)6-9(2)13(8)3/h8-10H,5-7,12H2,1-3H3. The van der Waals surface area contributed by atoms with Crippen molar-refractivity contribution in [1.82, 2.24) is 9.80 Å². The van der Waals surface area contributed by atoms with Gasteiger partial charge in [-0.2, -0.15) is 5.26 Å². The van der Waals surface area contributed by atoms with Crippen LogP contribution in [0.3, 0.4) is 0 Å². The molecule has 0 radical (unpaired) electrons. The van der Waals surface area contributed by atoms with Gasteiger partial charge in [0, 0.05) is 31.7 Å². The summed E-state index contributed by atoms with van der Waals surface area (Å²) < 4.78 is 0. The number of nitrogens with two attached hydrogens (primary N) is 1. The van der Waals surface area contributed by atoms with E-state index >= 15 is 0 Å². The van der Waals surface area contributed by atoms with Crippen molar-refractivity contribution in [3.63, 3.8) is 0 Å². The van der Waals surface area contributed by atoms with E-state index in [2.05, 4.69) is 36.8 Å². The summed E-state index contributed by atoms with van der Waals surface area (Å²) >= 11 is 0. The molecule has 0 spiro atoms. The van der Waals surface area contributed by atoms with E-state index in [1.807, 2.05) is 0 Å². The van der Waals surface area contributed by atoms with Crippen molar-refractivity contribution in [1.29, 1.82) is 5.26 Å². The van der Waals surface area contributed by atoms with E-state index in [1.165, 1.54) is 0 Å². The monoisotopic (exact) mass is 196 g/mol. The van der Waals surface area contributed by atoms with Crippen molar-refractivity contribution < 1.29 is 0 Å². The Hall–Kier alpha value is -0.630. The Morgan fingerprint density at radius 1 is 1.43 bits per heavy atom. The Bertz CT molecular complexity index is 211. The van der Waals surface area contributed by atoms with Gasteiger partial charge in [0.25, 0.3) is 0 Å². The minimum absolute atomic E-state index is 0.349. The van der Waals surface area contributed by atoms with E-state index in [9.17, 15) is 0 Å². The third kappa shape index (κ3) is 2.68. The lowest BCUT2D eigenvalue weighted by atomic mass is 10.1. The molecule has 0 aromatic rings. The summed E-state index contributed by atoms with van der Waals surface area (Å²) in [5.74, 6) is 0. The van der Waals surface area contributed by atoms with Crippen molar-refractivity contribution in [2.45, 2.75) is 32.0 Å². The summed E-state index contributed by atoms with van der Waals surface area (Å²) in [4.78, 5) is 4.65. The Morgan fingerprint density at radius 3 is 2.36 bits per heavy atom. The Balaban J connectivity index is 2.46. The third-order valence-electron chi connectivity index (χ3n) is 3.06. The van der Waals surface area contributed by atoms with Gasteiger partial charge in [0.1, 0.15) is 6.04 Å². The van der Waals surface area contributed by atoms with Gasteiger partial charge in [0.15, 0.2) is 0 Å². The minimum Gasteiger partial charge on any atom is -0.315 e. The molecular weight excluding hydrogens is 176 g/mol. The first-order valence-electron chi connectivity index (χ1n) is 5.14. The highest BCUT2D eigenvalue weighted by molar-refractivity contribution is 4.92. The fourth-order valence-corrected chi connectivity index (χ4v) is 1.98. The first-order valence-corrected chi connectivity index (χ1v) is 5.14. The molecule has 1 aliphatic heterocycles. The molecule has 0 amide bonds. The lowest BCUT2D eigenvalue weighted by Gasteiger charge is -2.42. The first-order chi connectivity index (χ1) is 6.54. The number of nitrogens with zero attached hydrogens (tertiary/aromatic N) is 3. The second kappa shape index (κ2) is 4.74. The number of likely N-dealkylation sites (N-methyl/N-ethyl adjacent to an activating group) is 1. The van der Waals surface area contributed by atoms with Crippen LogP contribution >= 0.6 is 0 Å². The molecule has 2 N–H and O–H groups in total. The van der Waals surface area contributed by atoms with Crippen molar-refractivity contribution in [2.24, 2.45) is 5.73 Å². The zero-order valence-electron chi connectivity index (χ0n) is 9.27. The van der Waals surface area contributed by atoms with Gasteiger partial charge in [-0.05, 0) is 20.9 Å². The highest BCUT2D eigenvalue weighted by Crippen LogP contribution is 2.12. The van der Waals surface area contributed by atoms with E-state index in [4.69, 9.17) is 11.0 Å². The van der Waals surface area contributed by atoms with Crippen molar-refractivity contribution >= 4 is 0 Å². The fourth-order valence-electron chi connectivity index (χ4n) is 1.98. The molecule has 0 aromatic carbocycles. The lowest BCUT2D eigenvalue weighted by molar-refractivity contribution is 0.0593. The summed E-state index contributed by atoms with van der Waals surface area (Å²) in [6.45, 7) is 7.13. The molecule has 3 atom stereocenters. The molecule has 1 rings (SSSR count). The number of piperazine rings is 1. The van der Waals surface area contributed by atoms with Crippen LogP contribution in [0.15, 0.2) is 0 Å². The van der Waals surface area contributed by atoms with Gasteiger partial charge in [-0.15, -0.1) is 0 Å². The van der Waals surface area contributed by atoms with Crippen LogP contribution in [-0.4, -0.2) is 54.6 Å². The van der Waals surface area contributed by atoms with Crippen LogP contribution in [0.2, 0.25) is 0 Å². The van der Waals surface area contributed by atoms with Gasteiger partial charge < -0.3 is 5.73 Å². The van der Waals surface area contributed by atoms with E-state index in [-0.39, 0.29) is 6.04 Å². The second-order valence-corrected chi connectivity index (χ2v) is 4.32. The maximum atomic E-state index is 8.64. The normalized spacial score (nSPS) is 32.5. The SMILES string of the molecule is CC1CN(CC(N)C#N)CC(C)N1C. The average Bonchev–Trinajstić information content (AvgIpc) is 2.14. The highest BCUT2D eigenvalue weighted by atomic mass is 15.3. The summed E-state index contributed by atoms with van der Waals surface area (Å²) in [6, 6.07) is 2.82. The maximum Gasteiger partial charge on any atom is 0.106 e. The molecule has 1 heterocycles. The minimum atomic E-state index is -0.349. The summed E-state index contributed by atoms with van der Waals surface area (Å²) in [5, 5.41) is 8.64. The van der Waals surface area contributed by atoms with Gasteiger partial charge in [0.05, 0.1) is 6.07 Å². The van der Waals surface area contributed by atoms with E-state index in [1.54, 1.807) is 0 Å². The molecule has 0 bridgehead atoms. The summed E-state index contributed by atoms with van der Waals surface area (Å²) in [5.41, 5.74) is 5.61. The molecule has 80 valence electrons. The zero-order chi connectivity index (χ0) is 10.7. The van der Waals surface area contributed by atoms with Gasteiger partial charge in [-0.3, -0.25) is 9.80 Å². The average molecular weight is 196 g/mol. The largest absolute Gasteiger partial charge is 0.315 e. The lowest BCUT2D eigenvalue weighted by Crippen LogP contribution is -2.56. The number of hydrogen-bond donors (Lipinski definition) is 1. The molecule has 14 heavy (non-hydrogen) atoms. The van der Waals surface area contributed by atoms with Gasteiger partial charge >= 0.3 is 0 Å². The van der Waals surface area contributed by atoms with E-state index < -0.39 is 0 Å². The zero-order valence-corrected chi connectivity index (χ0v) is 9.27. The molecule has 1 aliphatic rings. The van der Waals surface area contributed by atoms with Gasteiger partial charge in [-0.1, -0.05) is 0 Å². The van der Waals surface area contributed by atoms with Crippen molar-refractivity contribution in [2.75, 3.05) is 26.7 Å². The predicted octanol–water partition coefficient (Wildman–Crippen LogP) is -0.138. The molecule has 1 saturated heterocycles. The fraction of sp³-hybridized carbons (Fsp3) is 0.900. The summed E-state index contributed by atoms with van der Waals surface area (Å²) in [6.07, 6.45) is 0.